The van der Waals surface area contributed by atoms with Crippen LogP contribution in [-0.4, -0.2) is 21.5 Å². The fraction of sp³-hybridized carbons (Fsp3) is 0.133. The van der Waals surface area contributed by atoms with Crippen LogP contribution in [-0.2, 0) is 6.42 Å². The van der Waals surface area contributed by atoms with Gasteiger partial charge in [0.05, 0.1) is 5.52 Å². The molecule has 3 aromatic rings. The van der Waals surface area contributed by atoms with Gasteiger partial charge >= 0.3 is 0 Å². The Kier molecular flexibility index (Phi) is 3.26. The number of nitrogens with two attached hydrogens (primary N) is 1. The highest BCUT2D eigenvalue weighted by Gasteiger charge is 2.06. The minimum atomic E-state index is -0.187. The molecule has 0 spiro atoms. The van der Waals surface area contributed by atoms with E-state index in [-0.39, 0.29) is 5.56 Å². The van der Waals surface area contributed by atoms with E-state index in [0.717, 1.165) is 10.9 Å². The molecule has 0 saturated carbocycles. The lowest BCUT2D eigenvalue weighted by Crippen LogP contribution is -2.13. The van der Waals surface area contributed by atoms with E-state index in [9.17, 15) is 4.79 Å². The van der Waals surface area contributed by atoms with Gasteiger partial charge in [0.15, 0.2) is 5.82 Å². The van der Waals surface area contributed by atoms with Crippen molar-refractivity contribution in [1.29, 1.82) is 0 Å². The number of nitrogens with zero attached hydrogens (tertiary/aromatic N) is 2. The summed E-state index contributed by atoms with van der Waals surface area (Å²) in [5.41, 5.74) is 7.53. The van der Waals surface area contributed by atoms with Gasteiger partial charge < -0.3 is 10.7 Å². The van der Waals surface area contributed by atoms with E-state index in [1.165, 1.54) is 6.07 Å². The van der Waals surface area contributed by atoms with Gasteiger partial charge in [-0.2, -0.15) is 0 Å². The van der Waals surface area contributed by atoms with Crippen molar-refractivity contribution in [2.75, 3.05) is 6.54 Å². The van der Waals surface area contributed by atoms with Gasteiger partial charge in [0.25, 0.3) is 5.56 Å². The standard InChI is InChI=1S/C15H14N4O/c16-8-7-11-9-14(20)19-15(17-11)13-6-5-10-3-1-2-4-12(10)18-13/h1-6,9H,7-8,16H2,(H,17,19,20). The predicted octanol–water partition coefficient (Wildman–Crippen LogP) is 1.49. The Morgan fingerprint density at radius 2 is 1.95 bits per heavy atom. The Balaban J connectivity index is 2.12. The van der Waals surface area contributed by atoms with E-state index in [0.29, 0.717) is 30.2 Å². The minimum absolute atomic E-state index is 0.187. The second-order valence-electron chi connectivity index (χ2n) is 4.51. The average molecular weight is 266 g/mol. The maximum Gasteiger partial charge on any atom is 0.251 e. The maximum atomic E-state index is 11.7. The Labute approximate surface area is 115 Å². The molecule has 0 saturated heterocycles. The number of rotatable bonds is 3. The number of para-hydroxylation sites is 1. The summed E-state index contributed by atoms with van der Waals surface area (Å²) in [6.45, 7) is 0.459. The number of benzene rings is 1. The molecule has 3 rings (SSSR count). The normalized spacial score (nSPS) is 10.8. The summed E-state index contributed by atoms with van der Waals surface area (Å²) in [5.74, 6) is 0.478. The number of nitrogens with one attached hydrogen (secondary N) is 1. The van der Waals surface area contributed by atoms with Gasteiger partial charge in [0.2, 0.25) is 0 Å². The first kappa shape index (κ1) is 12.5. The molecule has 0 fully saturated rings. The van der Waals surface area contributed by atoms with Gasteiger partial charge in [-0.15, -0.1) is 0 Å². The van der Waals surface area contributed by atoms with E-state index in [1.807, 2.05) is 36.4 Å². The van der Waals surface area contributed by atoms with Crippen molar-refractivity contribution < 1.29 is 0 Å². The molecule has 0 radical (unpaired) electrons. The number of pyridine rings is 1. The molecule has 1 aromatic carbocycles. The summed E-state index contributed by atoms with van der Waals surface area (Å²) in [6, 6.07) is 13.1. The molecule has 2 aromatic heterocycles. The summed E-state index contributed by atoms with van der Waals surface area (Å²) in [4.78, 5) is 23.3. The highest BCUT2D eigenvalue weighted by molar-refractivity contribution is 5.80. The molecule has 0 bridgehead atoms. The molecule has 0 aliphatic heterocycles. The van der Waals surface area contributed by atoms with Crippen molar-refractivity contribution in [3.63, 3.8) is 0 Å². The Morgan fingerprint density at radius 1 is 1.10 bits per heavy atom. The number of H-pyrrole nitrogens is 1. The van der Waals surface area contributed by atoms with Crippen molar-refractivity contribution in [1.82, 2.24) is 15.0 Å². The summed E-state index contributed by atoms with van der Waals surface area (Å²) >= 11 is 0. The van der Waals surface area contributed by atoms with Crippen molar-refractivity contribution in [3.05, 3.63) is 58.5 Å². The van der Waals surface area contributed by atoms with Gasteiger partial charge in [-0.25, -0.2) is 9.97 Å². The molecular weight excluding hydrogens is 252 g/mol. The molecule has 0 unspecified atom stereocenters. The first-order chi connectivity index (χ1) is 9.76. The largest absolute Gasteiger partial charge is 0.330 e. The highest BCUT2D eigenvalue weighted by atomic mass is 16.1. The van der Waals surface area contributed by atoms with Crippen LogP contribution < -0.4 is 11.3 Å². The van der Waals surface area contributed by atoms with Crippen LogP contribution in [0.5, 0.6) is 0 Å². The fourth-order valence-electron chi connectivity index (χ4n) is 2.10. The topological polar surface area (TPSA) is 84.7 Å². The molecule has 100 valence electrons. The molecule has 3 N–H and O–H groups in total. The molecule has 20 heavy (non-hydrogen) atoms. The molecule has 0 aliphatic carbocycles. The van der Waals surface area contributed by atoms with E-state index in [4.69, 9.17) is 5.73 Å². The number of hydrogen-bond acceptors (Lipinski definition) is 4. The molecule has 0 amide bonds. The van der Waals surface area contributed by atoms with E-state index >= 15 is 0 Å². The first-order valence-electron chi connectivity index (χ1n) is 6.43. The number of hydrogen-bond donors (Lipinski definition) is 2. The van der Waals surface area contributed by atoms with Crippen LogP contribution in [0.15, 0.2) is 47.3 Å². The van der Waals surface area contributed by atoms with Crippen molar-refractivity contribution in [2.45, 2.75) is 6.42 Å². The van der Waals surface area contributed by atoms with Crippen molar-refractivity contribution in [2.24, 2.45) is 5.73 Å². The van der Waals surface area contributed by atoms with Crippen LogP contribution in [0.2, 0.25) is 0 Å². The van der Waals surface area contributed by atoms with E-state index in [2.05, 4.69) is 15.0 Å². The summed E-state index contributed by atoms with van der Waals surface area (Å²) in [6.07, 6.45) is 0.574. The second kappa shape index (κ2) is 5.22. The smallest absolute Gasteiger partial charge is 0.251 e. The zero-order valence-electron chi connectivity index (χ0n) is 10.8. The van der Waals surface area contributed by atoms with E-state index < -0.39 is 0 Å². The monoisotopic (exact) mass is 266 g/mol. The second-order valence-corrected chi connectivity index (χ2v) is 4.51. The van der Waals surface area contributed by atoms with Gasteiger partial charge in [0, 0.05) is 23.6 Å². The lowest BCUT2D eigenvalue weighted by Gasteiger charge is -2.04. The quantitative estimate of drug-likeness (QED) is 0.752. The minimum Gasteiger partial charge on any atom is -0.330 e. The SMILES string of the molecule is NCCc1cc(=O)[nH]c(-c2ccc3ccccc3n2)n1. The highest BCUT2D eigenvalue weighted by Crippen LogP contribution is 2.17. The van der Waals surface area contributed by atoms with Gasteiger partial charge in [-0.05, 0) is 18.7 Å². The Hall–Kier alpha value is -2.53. The number of aromatic amines is 1. The lowest BCUT2D eigenvalue weighted by molar-refractivity contribution is 0.904. The lowest BCUT2D eigenvalue weighted by atomic mass is 10.2. The Bertz CT molecular complexity index is 810. The zero-order valence-corrected chi connectivity index (χ0v) is 10.8. The number of aromatic nitrogens is 3. The van der Waals surface area contributed by atoms with Crippen molar-refractivity contribution >= 4 is 10.9 Å². The summed E-state index contributed by atoms with van der Waals surface area (Å²) < 4.78 is 0. The van der Waals surface area contributed by atoms with Crippen LogP contribution in [0.25, 0.3) is 22.4 Å². The molecule has 0 atom stereocenters. The average Bonchev–Trinajstić information content (AvgIpc) is 2.46. The predicted molar refractivity (Wildman–Crippen MR) is 78.4 cm³/mol. The van der Waals surface area contributed by atoms with E-state index in [1.54, 1.807) is 0 Å². The third-order valence-electron chi connectivity index (χ3n) is 3.04. The fourth-order valence-corrected chi connectivity index (χ4v) is 2.10. The van der Waals surface area contributed by atoms with Crippen LogP contribution in [0, 0.1) is 0 Å². The van der Waals surface area contributed by atoms with Gasteiger partial charge in [-0.3, -0.25) is 4.79 Å². The number of fused-ring (bicyclic) bond motifs is 1. The molecule has 0 aliphatic rings. The first-order valence-corrected chi connectivity index (χ1v) is 6.43. The zero-order chi connectivity index (χ0) is 13.9. The maximum absolute atomic E-state index is 11.7. The molecular formula is C15H14N4O. The van der Waals surface area contributed by atoms with Crippen LogP contribution in [0.1, 0.15) is 5.69 Å². The van der Waals surface area contributed by atoms with Gasteiger partial charge in [-0.1, -0.05) is 24.3 Å². The molecule has 2 heterocycles. The molecule has 5 heteroatoms. The van der Waals surface area contributed by atoms with Gasteiger partial charge in [0.1, 0.15) is 5.69 Å². The Morgan fingerprint density at radius 3 is 2.80 bits per heavy atom. The van der Waals surface area contributed by atoms with Crippen LogP contribution >= 0.6 is 0 Å². The third-order valence-corrected chi connectivity index (χ3v) is 3.04. The summed E-state index contributed by atoms with van der Waals surface area (Å²) in [7, 11) is 0. The summed E-state index contributed by atoms with van der Waals surface area (Å²) in [5, 5.41) is 1.05. The third kappa shape index (κ3) is 2.44. The van der Waals surface area contributed by atoms with Crippen LogP contribution in [0.3, 0.4) is 0 Å². The molecule has 5 nitrogen and oxygen atoms in total. The van der Waals surface area contributed by atoms with Crippen LogP contribution in [0.4, 0.5) is 0 Å². The van der Waals surface area contributed by atoms with Crippen molar-refractivity contribution in [3.8, 4) is 11.5 Å².